The molecule has 0 aliphatic carbocycles. The number of hydrogen-bond donors (Lipinski definition) is 1. The van der Waals surface area contributed by atoms with Gasteiger partial charge in [0.2, 0.25) is 0 Å². The lowest BCUT2D eigenvalue weighted by Crippen LogP contribution is -2.33. The van der Waals surface area contributed by atoms with E-state index in [1.54, 1.807) is 0 Å². The normalized spacial score (nSPS) is 15.4. The quantitative estimate of drug-likeness (QED) is 0.579. The van der Waals surface area contributed by atoms with Crippen LogP contribution in [-0.4, -0.2) is 25.3 Å². The van der Waals surface area contributed by atoms with Crippen LogP contribution < -0.4 is 5.32 Å². The second-order valence-corrected chi connectivity index (χ2v) is 4.11. The van der Waals surface area contributed by atoms with Crippen LogP contribution in [-0.2, 0) is 4.74 Å². The average molecular weight is 201 g/mol. The maximum absolute atomic E-state index is 5.68. The monoisotopic (exact) mass is 201 g/mol. The Hall–Kier alpha value is -0.0800. The molecule has 0 saturated heterocycles. The van der Waals surface area contributed by atoms with Crippen LogP contribution in [0.3, 0.4) is 0 Å². The van der Waals surface area contributed by atoms with Crippen molar-refractivity contribution in [3.05, 3.63) is 0 Å². The first-order chi connectivity index (χ1) is 6.70. The molecule has 0 fully saturated rings. The molecule has 0 aliphatic rings. The molecule has 0 bridgehead atoms. The van der Waals surface area contributed by atoms with Gasteiger partial charge < -0.3 is 10.1 Å². The van der Waals surface area contributed by atoms with Crippen molar-refractivity contribution in [1.29, 1.82) is 0 Å². The second-order valence-electron chi connectivity index (χ2n) is 4.11. The molecule has 0 saturated carbocycles. The summed E-state index contributed by atoms with van der Waals surface area (Å²) in [4.78, 5) is 0. The molecule has 0 aromatic carbocycles. The lowest BCUT2D eigenvalue weighted by atomic mass is 10.2. The second kappa shape index (κ2) is 9.47. The Balaban J connectivity index is 3.23. The van der Waals surface area contributed by atoms with Crippen LogP contribution in [0.1, 0.15) is 53.4 Å². The summed E-state index contributed by atoms with van der Waals surface area (Å²) in [5.41, 5.74) is 0. The van der Waals surface area contributed by atoms with E-state index in [0.717, 1.165) is 13.2 Å². The van der Waals surface area contributed by atoms with Gasteiger partial charge in [-0.3, -0.25) is 0 Å². The Bertz CT molecular complexity index is 117. The van der Waals surface area contributed by atoms with E-state index in [9.17, 15) is 0 Å². The van der Waals surface area contributed by atoms with E-state index in [1.165, 1.54) is 25.7 Å². The Morgan fingerprint density at radius 1 is 1.14 bits per heavy atom. The van der Waals surface area contributed by atoms with E-state index in [1.807, 2.05) is 0 Å². The fraction of sp³-hybridized carbons (Fsp3) is 1.00. The Morgan fingerprint density at radius 2 is 1.86 bits per heavy atom. The van der Waals surface area contributed by atoms with E-state index < -0.39 is 0 Å². The van der Waals surface area contributed by atoms with E-state index in [-0.39, 0.29) is 0 Å². The molecule has 0 aromatic rings. The first-order valence-corrected chi connectivity index (χ1v) is 6.05. The lowest BCUT2D eigenvalue weighted by molar-refractivity contribution is 0.0616. The van der Waals surface area contributed by atoms with Gasteiger partial charge in [0.1, 0.15) is 0 Å². The molecule has 1 N–H and O–H groups in total. The summed E-state index contributed by atoms with van der Waals surface area (Å²) in [6.07, 6.45) is 5.28. The molecule has 0 heterocycles. The fourth-order valence-electron chi connectivity index (χ4n) is 1.21. The molecule has 14 heavy (non-hydrogen) atoms. The van der Waals surface area contributed by atoms with Crippen molar-refractivity contribution in [1.82, 2.24) is 5.32 Å². The number of hydrogen-bond acceptors (Lipinski definition) is 2. The third kappa shape index (κ3) is 8.52. The minimum atomic E-state index is 0.348. The van der Waals surface area contributed by atoms with Crippen molar-refractivity contribution in [3.63, 3.8) is 0 Å². The van der Waals surface area contributed by atoms with E-state index in [4.69, 9.17) is 4.74 Å². The minimum Gasteiger partial charge on any atom is -0.377 e. The highest BCUT2D eigenvalue weighted by atomic mass is 16.5. The van der Waals surface area contributed by atoms with Crippen LogP contribution in [0, 0.1) is 0 Å². The van der Waals surface area contributed by atoms with Crippen LogP contribution in [0.25, 0.3) is 0 Å². The van der Waals surface area contributed by atoms with E-state index in [0.29, 0.717) is 12.1 Å². The van der Waals surface area contributed by atoms with Gasteiger partial charge >= 0.3 is 0 Å². The highest BCUT2D eigenvalue weighted by molar-refractivity contribution is 4.61. The number of ether oxygens (including phenoxy) is 1. The van der Waals surface area contributed by atoms with Crippen LogP contribution in [0.4, 0.5) is 0 Å². The molecule has 2 atom stereocenters. The maximum atomic E-state index is 5.68. The summed E-state index contributed by atoms with van der Waals surface area (Å²) in [5, 5.41) is 3.45. The first-order valence-electron chi connectivity index (χ1n) is 6.05. The zero-order valence-electron chi connectivity index (χ0n) is 10.3. The zero-order chi connectivity index (χ0) is 10.8. The average Bonchev–Trinajstić information content (AvgIpc) is 2.21. The molecule has 0 radical (unpaired) electrons. The topological polar surface area (TPSA) is 21.3 Å². The number of rotatable bonds is 9. The smallest absolute Gasteiger partial charge is 0.0671 e. The molecular weight excluding hydrogens is 174 g/mol. The standard InChI is InChI=1S/C12H27NO/c1-5-7-8-9-14-12(4)10-13-11(3)6-2/h11-13H,5-10H2,1-4H3. The van der Waals surface area contributed by atoms with Gasteiger partial charge in [-0.05, 0) is 26.7 Å². The molecule has 0 aliphatic heterocycles. The van der Waals surface area contributed by atoms with Gasteiger partial charge in [-0.1, -0.05) is 26.7 Å². The third-order valence-corrected chi connectivity index (χ3v) is 2.52. The molecular formula is C12H27NO. The van der Waals surface area contributed by atoms with Crippen LogP contribution >= 0.6 is 0 Å². The highest BCUT2D eigenvalue weighted by Crippen LogP contribution is 1.98. The first kappa shape index (κ1) is 13.9. The molecule has 2 nitrogen and oxygen atoms in total. The van der Waals surface area contributed by atoms with Gasteiger partial charge in [0, 0.05) is 19.2 Å². The predicted molar refractivity (Wildman–Crippen MR) is 62.7 cm³/mol. The molecule has 2 unspecified atom stereocenters. The van der Waals surface area contributed by atoms with Gasteiger partial charge in [-0.2, -0.15) is 0 Å². The fourth-order valence-corrected chi connectivity index (χ4v) is 1.21. The molecule has 0 aromatic heterocycles. The van der Waals surface area contributed by atoms with Crippen LogP contribution in [0.15, 0.2) is 0 Å². The maximum Gasteiger partial charge on any atom is 0.0671 e. The summed E-state index contributed by atoms with van der Waals surface area (Å²) in [6.45, 7) is 10.7. The summed E-state index contributed by atoms with van der Waals surface area (Å²) in [7, 11) is 0. The Morgan fingerprint density at radius 3 is 2.43 bits per heavy atom. The van der Waals surface area contributed by atoms with Crippen LogP contribution in [0.2, 0.25) is 0 Å². The van der Waals surface area contributed by atoms with Crippen molar-refractivity contribution >= 4 is 0 Å². The van der Waals surface area contributed by atoms with Gasteiger partial charge in [-0.25, -0.2) is 0 Å². The molecule has 0 rings (SSSR count). The summed E-state index contributed by atoms with van der Waals surface area (Å²) >= 11 is 0. The number of unbranched alkanes of at least 4 members (excludes halogenated alkanes) is 2. The SMILES string of the molecule is CCCCCOC(C)CNC(C)CC. The van der Waals surface area contributed by atoms with Crippen molar-refractivity contribution in [2.75, 3.05) is 13.2 Å². The van der Waals surface area contributed by atoms with Crippen LogP contribution in [0.5, 0.6) is 0 Å². The van der Waals surface area contributed by atoms with Crippen molar-refractivity contribution < 1.29 is 4.74 Å². The Labute approximate surface area is 89.4 Å². The van der Waals surface area contributed by atoms with Crippen molar-refractivity contribution in [2.45, 2.75) is 65.5 Å². The third-order valence-electron chi connectivity index (χ3n) is 2.52. The van der Waals surface area contributed by atoms with Gasteiger partial charge in [0.15, 0.2) is 0 Å². The van der Waals surface area contributed by atoms with Crippen molar-refractivity contribution in [2.24, 2.45) is 0 Å². The van der Waals surface area contributed by atoms with Crippen molar-refractivity contribution in [3.8, 4) is 0 Å². The van der Waals surface area contributed by atoms with E-state index >= 15 is 0 Å². The predicted octanol–water partition coefficient (Wildman–Crippen LogP) is 2.97. The summed E-state index contributed by atoms with van der Waals surface area (Å²) in [6, 6.07) is 0.608. The van der Waals surface area contributed by atoms with Gasteiger partial charge in [-0.15, -0.1) is 0 Å². The van der Waals surface area contributed by atoms with Gasteiger partial charge in [0.05, 0.1) is 6.10 Å². The summed E-state index contributed by atoms with van der Waals surface area (Å²) < 4.78 is 5.68. The minimum absolute atomic E-state index is 0.348. The zero-order valence-corrected chi connectivity index (χ0v) is 10.3. The molecule has 0 spiro atoms. The molecule has 0 amide bonds. The van der Waals surface area contributed by atoms with E-state index in [2.05, 4.69) is 33.0 Å². The van der Waals surface area contributed by atoms with Gasteiger partial charge in [0.25, 0.3) is 0 Å². The molecule has 86 valence electrons. The number of nitrogens with one attached hydrogen (secondary N) is 1. The summed E-state index contributed by atoms with van der Waals surface area (Å²) in [5.74, 6) is 0. The molecule has 2 heteroatoms. The Kier molecular flexibility index (Phi) is 9.42. The lowest BCUT2D eigenvalue weighted by Gasteiger charge is -2.17. The largest absolute Gasteiger partial charge is 0.377 e. The highest BCUT2D eigenvalue weighted by Gasteiger charge is 2.03.